The number of amides is 1. The summed E-state index contributed by atoms with van der Waals surface area (Å²) in [5, 5.41) is 10.7. The summed E-state index contributed by atoms with van der Waals surface area (Å²) < 4.78 is 5.42. The van der Waals surface area contributed by atoms with Gasteiger partial charge in [-0.15, -0.1) is 0 Å². The molecule has 0 spiro atoms. The van der Waals surface area contributed by atoms with Gasteiger partial charge in [0, 0.05) is 25.2 Å². The van der Waals surface area contributed by atoms with Crippen LogP contribution < -0.4 is 4.74 Å². The summed E-state index contributed by atoms with van der Waals surface area (Å²) in [6.45, 7) is 0.781. The number of rotatable bonds is 6. The van der Waals surface area contributed by atoms with Crippen molar-refractivity contribution < 1.29 is 14.5 Å². The van der Waals surface area contributed by atoms with Gasteiger partial charge in [-0.05, 0) is 23.3 Å². The molecule has 0 aliphatic heterocycles. The third-order valence-electron chi connectivity index (χ3n) is 3.94. The zero-order chi connectivity index (χ0) is 19.1. The number of hydrogen-bond donors (Lipinski definition) is 0. The maximum Gasteiger partial charge on any atom is 0.415 e. The Hall–Kier alpha value is -3.67. The van der Waals surface area contributed by atoms with Crippen molar-refractivity contribution in [3.63, 3.8) is 0 Å². The van der Waals surface area contributed by atoms with Crippen LogP contribution in [-0.4, -0.2) is 15.9 Å². The number of nitro benzene ring substituents is 1. The van der Waals surface area contributed by atoms with Crippen molar-refractivity contribution in [2.75, 3.05) is 0 Å². The molecule has 0 saturated carbocycles. The summed E-state index contributed by atoms with van der Waals surface area (Å²) in [5.41, 5.74) is 1.91. The minimum Gasteiger partial charge on any atom is -0.410 e. The fourth-order valence-corrected chi connectivity index (χ4v) is 2.59. The molecule has 0 aliphatic carbocycles. The maximum absolute atomic E-state index is 12.7. The molecule has 0 unspecified atom stereocenters. The van der Waals surface area contributed by atoms with Gasteiger partial charge < -0.3 is 4.74 Å². The predicted octanol–water partition coefficient (Wildman–Crippen LogP) is 4.80. The molecule has 0 aromatic heterocycles. The van der Waals surface area contributed by atoms with Crippen molar-refractivity contribution >= 4 is 11.8 Å². The lowest BCUT2D eigenvalue weighted by molar-refractivity contribution is -0.384. The molecule has 27 heavy (non-hydrogen) atoms. The number of hydrogen-bond acceptors (Lipinski definition) is 4. The Balaban J connectivity index is 1.76. The number of benzene rings is 3. The van der Waals surface area contributed by atoms with Gasteiger partial charge in [-0.2, -0.15) is 0 Å². The molecule has 136 valence electrons. The molecule has 0 fully saturated rings. The van der Waals surface area contributed by atoms with E-state index in [0.29, 0.717) is 13.1 Å². The number of non-ortho nitro benzene ring substituents is 1. The fourth-order valence-electron chi connectivity index (χ4n) is 2.59. The van der Waals surface area contributed by atoms with E-state index in [9.17, 15) is 14.9 Å². The molecule has 3 aromatic carbocycles. The van der Waals surface area contributed by atoms with E-state index in [-0.39, 0.29) is 11.4 Å². The van der Waals surface area contributed by atoms with Crippen LogP contribution in [0.15, 0.2) is 84.9 Å². The average molecular weight is 362 g/mol. The minimum absolute atomic E-state index is 0.0553. The van der Waals surface area contributed by atoms with E-state index >= 15 is 0 Å². The Morgan fingerprint density at radius 2 is 1.30 bits per heavy atom. The molecule has 6 heteroatoms. The monoisotopic (exact) mass is 362 g/mol. The maximum atomic E-state index is 12.7. The average Bonchev–Trinajstić information content (AvgIpc) is 2.69. The van der Waals surface area contributed by atoms with Crippen molar-refractivity contribution in [1.29, 1.82) is 0 Å². The number of nitrogens with zero attached hydrogens (tertiary/aromatic N) is 2. The molecule has 0 atom stereocenters. The Labute approximate surface area is 156 Å². The van der Waals surface area contributed by atoms with E-state index in [0.717, 1.165) is 11.1 Å². The van der Waals surface area contributed by atoms with Crippen LogP contribution in [0, 0.1) is 10.1 Å². The van der Waals surface area contributed by atoms with Gasteiger partial charge in [0.1, 0.15) is 5.75 Å². The third kappa shape index (κ3) is 5.15. The number of carbonyl (C=O) groups is 1. The summed E-state index contributed by atoms with van der Waals surface area (Å²) in [6.07, 6.45) is -0.517. The molecule has 6 nitrogen and oxygen atoms in total. The normalized spacial score (nSPS) is 10.2. The second kappa shape index (κ2) is 8.62. The topological polar surface area (TPSA) is 72.7 Å². The van der Waals surface area contributed by atoms with Crippen LogP contribution >= 0.6 is 0 Å². The van der Waals surface area contributed by atoms with E-state index in [2.05, 4.69) is 0 Å². The van der Waals surface area contributed by atoms with Crippen LogP contribution in [0.5, 0.6) is 5.75 Å². The zero-order valence-electron chi connectivity index (χ0n) is 14.5. The molecule has 0 bridgehead atoms. The van der Waals surface area contributed by atoms with E-state index in [1.807, 2.05) is 60.7 Å². The standard InChI is InChI=1S/C21H18N2O4/c24-21(27-20-13-11-19(12-14-20)23(25)26)22(15-17-7-3-1-4-8-17)16-18-9-5-2-6-10-18/h1-14H,15-16H2. The van der Waals surface area contributed by atoms with Crippen molar-refractivity contribution in [2.24, 2.45) is 0 Å². The molecule has 1 amide bonds. The summed E-state index contributed by atoms with van der Waals surface area (Å²) in [7, 11) is 0. The van der Waals surface area contributed by atoms with Crippen LogP contribution in [0.4, 0.5) is 10.5 Å². The second-order valence-corrected chi connectivity index (χ2v) is 5.95. The minimum atomic E-state index is -0.517. The first-order valence-electron chi connectivity index (χ1n) is 8.41. The second-order valence-electron chi connectivity index (χ2n) is 5.95. The van der Waals surface area contributed by atoms with Crippen molar-refractivity contribution in [3.8, 4) is 5.75 Å². The van der Waals surface area contributed by atoms with E-state index < -0.39 is 11.0 Å². The fraction of sp³-hybridized carbons (Fsp3) is 0.0952. The number of carbonyl (C=O) groups excluding carboxylic acids is 1. The van der Waals surface area contributed by atoms with E-state index in [1.54, 1.807) is 4.90 Å². The van der Waals surface area contributed by atoms with Crippen LogP contribution in [0.2, 0.25) is 0 Å². The first-order valence-corrected chi connectivity index (χ1v) is 8.41. The zero-order valence-corrected chi connectivity index (χ0v) is 14.5. The Kier molecular flexibility index (Phi) is 5.79. The molecule has 3 aromatic rings. The quantitative estimate of drug-likeness (QED) is 0.466. The van der Waals surface area contributed by atoms with Crippen LogP contribution in [-0.2, 0) is 13.1 Å². The van der Waals surface area contributed by atoms with Crippen LogP contribution in [0.1, 0.15) is 11.1 Å². The first-order chi connectivity index (χ1) is 13.1. The highest BCUT2D eigenvalue weighted by Gasteiger charge is 2.17. The Morgan fingerprint density at radius 1 is 0.815 bits per heavy atom. The molecular formula is C21H18N2O4. The predicted molar refractivity (Wildman–Crippen MR) is 101 cm³/mol. The molecule has 0 radical (unpaired) electrons. The summed E-state index contributed by atoms with van der Waals surface area (Å²) >= 11 is 0. The van der Waals surface area contributed by atoms with Crippen molar-refractivity contribution in [3.05, 3.63) is 106 Å². The highest BCUT2D eigenvalue weighted by atomic mass is 16.6. The first kappa shape index (κ1) is 18.1. The molecule has 0 saturated heterocycles. The number of ether oxygens (including phenoxy) is 1. The Bertz CT molecular complexity index is 855. The van der Waals surface area contributed by atoms with Gasteiger partial charge in [-0.25, -0.2) is 4.79 Å². The van der Waals surface area contributed by atoms with Gasteiger partial charge in [0.05, 0.1) is 4.92 Å². The molecular weight excluding hydrogens is 344 g/mol. The van der Waals surface area contributed by atoms with Gasteiger partial charge in [-0.3, -0.25) is 15.0 Å². The van der Waals surface area contributed by atoms with Gasteiger partial charge in [0.25, 0.3) is 5.69 Å². The lowest BCUT2D eigenvalue weighted by atomic mass is 10.2. The summed E-state index contributed by atoms with van der Waals surface area (Å²) in [5.74, 6) is 0.261. The molecule has 0 heterocycles. The SMILES string of the molecule is O=C(Oc1ccc([N+](=O)[O-])cc1)N(Cc1ccccc1)Cc1ccccc1. The van der Waals surface area contributed by atoms with Crippen molar-refractivity contribution in [1.82, 2.24) is 4.90 Å². The molecule has 0 N–H and O–H groups in total. The smallest absolute Gasteiger partial charge is 0.410 e. The van der Waals surface area contributed by atoms with Gasteiger partial charge in [0.2, 0.25) is 0 Å². The lowest BCUT2D eigenvalue weighted by Gasteiger charge is -2.22. The van der Waals surface area contributed by atoms with Crippen molar-refractivity contribution in [2.45, 2.75) is 13.1 Å². The largest absolute Gasteiger partial charge is 0.415 e. The third-order valence-corrected chi connectivity index (χ3v) is 3.94. The highest BCUT2D eigenvalue weighted by molar-refractivity contribution is 5.71. The van der Waals surface area contributed by atoms with Gasteiger partial charge in [0.15, 0.2) is 0 Å². The highest BCUT2D eigenvalue weighted by Crippen LogP contribution is 2.19. The summed E-state index contributed by atoms with van der Waals surface area (Å²) in [6, 6.07) is 24.7. The van der Waals surface area contributed by atoms with E-state index in [4.69, 9.17) is 4.74 Å². The van der Waals surface area contributed by atoms with Crippen LogP contribution in [0.25, 0.3) is 0 Å². The lowest BCUT2D eigenvalue weighted by Crippen LogP contribution is -2.32. The number of nitro groups is 1. The summed E-state index contributed by atoms with van der Waals surface area (Å²) in [4.78, 5) is 24.5. The van der Waals surface area contributed by atoms with Gasteiger partial charge in [-0.1, -0.05) is 60.7 Å². The Morgan fingerprint density at radius 3 is 1.74 bits per heavy atom. The molecule has 0 aliphatic rings. The van der Waals surface area contributed by atoms with Gasteiger partial charge >= 0.3 is 6.09 Å². The van der Waals surface area contributed by atoms with Crippen LogP contribution in [0.3, 0.4) is 0 Å². The molecule has 3 rings (SSSR count). The van der Waals surface area contributed by atoms with E-state index in [1.165, 1.54) is 24.3 Å².